The molecule has 6 nitrogen and oxygen atoms in total. The Labute approximate surface area is 177 Å². The van der Waals surface area contributed by atoms with Gasteiger partial charge < -0.3 is 10.1 Å². The van der Waals surface area contributed by atoms with Crippen LogP contribution in [0.5, 0.6) is 5.75 Å². The van der Waals surface area contributed by atoms with Gasteiger partial charge in [-0.3, -0.25) is 14.4 Å². The molecule has 0 atom stereocenters. The zero-order valence-corrected chi connectivity index (χ0v) is 17.2. The highest BCUT2D eigenvalue weighted by atomic mass is 16.5. The third kappa shape index (κ3) is 5.70. The maximum atomic E-state index is 12.6. The number of nitrogens with zero attached hydrogens (tertiary/aromatic N) is 3. The van der Waals surface area contributed by atoms with E-state index in [1.807, 2.05) is 53.3 Å². The van der Waals surface area contributed by atoms with Crippen LogP contribution in [-0.4, -0.2) is 40.3 Å². The molecular formula is C24H28N4O2. The average molecular weight is 405 g/mol. The number of hydrogen-bond acceptors (Lipinski definition) is 4. The molecule has 0 saturated carbocycles. The number of aromatic nitrogens is 2. The summed E-state index contributed by atoms with van der Waals surface area (Å²) >= 11 is 0. The monoisotopic (exact) mass is 404 g/mol. The van der Waals surface area contributed by atoms with Crippen LogP contribution in [0.25, 0.3) is 0 Å². The van der Waals surface area contributed by atoms with Crippen molar-refractivity contribution in [1.29, 1.82) is 0 Å². The van der Waals surface area contributed by atoms with E-state index >= 15 is 0 Å². The number of benzene rings is 2. The van der Waals surface area contributed by atoms with Crippen LogP contribution >= 0.6 is 0 Å². The van der Waals surface area contributed by atoms with E-state index in [2.05, 4.69) is 27.4 Å². The van der Waals surface area contributed by atoms with Crippen molar-refractivity contribution in [2.45, 2.75) is 32.4 Å². The highest BCUT2D eigenvalue weighted by Gasteiger charge is 2.11. The third-order valence-electron chi connectivity index (χ3n) is 5.31. The van der Waals surface area contributed by atoms with Gasteiger partial charge >= 0.3 is 0 Å². The number of hydrogen-bond donors (Lipinski definition) is 1. The number of ether oxygens (including phenoxy) is 1. The van der Waals surface area contributed by atoms with Crippen molar-refractivity contribution in [2.24, 2.45) is 0 Å². The summed E-state index contributed by atoms with van der Waals surface area (Å²) in [6, 6.07) is 17.3. The summed E-state index contributed by atoms with van der Waals surface area (Å²) in [5, 5.41) is 7.11. The number of piperidine rings is 1. The second-order valence-corrected chi connectivity index (χ2v) is 7.63. The number of amides is 1. The number of likely N-dealkylation sites (tertiary alicyclic amines) is 1. The van der Waals surface area contributed by atoms with E-state index in [4.69, 9.17) is 4.74 Å². The van der Waals surface area contributed by atoms with Crippen LogP contribution in [0.15, 0.2) is 67.0 Å². The minimum Gasteiger partial charge on any atom is -0.492 e. The standard InChI is InChI=1S/C24H28N4O2/c29-24(21-10-8-20(9-11-21)19-27-13-2-1-3-14-27)26-22-6-4-7-23(18-22)30-17-16-28-15-5-12-25-28/h4-12,15,18H,1-3,13-14,16-17,19H2,(H,26,29). The van der Waals surface area contributed by atoms with Crippen LogP contribution in [0.2, 0.25) is 0 Å². The summed E-state index contributed by atoms with van der Waals surface area (Å²) in [5.74, 6) is 0.602. The van der Waals surface area contributed by atoms with Crippen molar-refractivity contribution in [3.05, 3.63) is 78.1 Å². The molecule has 1 aromatic heterocycles. The Bertz CT molecular complexity index is 932. The van der Waals surface area contributed by atoms with Crippen molar-refractivity contribution in [2.75, 3.05) is 25.0 Å². The summed E-state index contributed by atoms with van der Waals surface area (Å²) in [4.78, 5) is 15.1. The molecule has 1 aliphatic heterocycles. The van der Waals surface area contributed by atoms with Gasteiger partial charge in [-0.05, 0) is 61.8 Å². The van der Waals surface area contributed by atoms with E-state index in [9.17, 15) is 4.79 Å². The molecule has 4 rings (SSSR count). The van der Waals surface area contributed by atoms with E-state index in [1.54, 1.807) is 6.20 Å². The predicted molar refractivity (Wildman–Crippen MR) is 118 cm³/mol. The molecule has 2 aromatic carbocycles. The second kappa shape index (κ2) is 10.1. The third-order valence-corrected chi connectivity index (χ3v) is 5.31. The molecule has 1 saturated heterocycles. The molecule has 3 aromatic rings. The maximum absolute atomic E-state index is 12.6. The van der Waals surface area contributed by atoms with Gasteiger partial charge in [0.2, 0.25) is 0 Å². The molecule has 0 bridgehead atoms. The molecule has 0 aliphatic carbocycles. The Balaban J connectivity index is 1.29. The zero-order valence-electron chi connectivity index (χ0n) is 17.2. The lowest BCUT2D eigenvalue weighted by molar-refractivity contribution is 0.102. The van der Waals surface area contributed by atoms with Gasteiger partial charge in [-0.25, -0.2) is 0 Å². The van der Waals surface area contributed by atoms with Crippen molar-refractivity contribution in [3.8, 4) is 5.75 Å². The summed E-state index contributed by atoms with van der Waals surface area (Å²) in [6.07, 6.45) is 7.55. The first-order chi connectivity index (χ1) is 14.8. The molecule has 2 heterocycles. The number of anilines is 1. The molecule has 30 heavy (non-hydrogen) atoms. The first-order valence-electron chi connectivity index (χ1n) is 10.6. The summed E-state index contributed by atoms with van der Waals surface area (Å²) in [5.41, 5.74) is 2.62. The van der Waals surface area contributed by atoms with E-state index in [0.29, 0.717) is 24.4 Å². The molecule has 1 amide bonds. The lowest BCUT2D eigenvalue weighted by Crippen LogP contribution is -2.29. The minimum absolute atomic E-state index is 0.117. The Morgan fingerprint density at radius 2 is 1.87 bits per heavy atom. The first kappa shape index (κ1) is 20.2. The fourth-order valence-electron chi connectivity index (χ4n) is 3.69. The maximum Gasteiger partial charge on any atom is 0.255 e. The number of carbonyl (C=O) groups excluding carboxylic acids is 1. The Hall–Kier alpha value is -3.12. The fraction of sp³-hybridized carbons (Fsp3) is 0.333. The molecular weight excluding hydrogens is 376 g/mol. The molecule has 6 heteroatoms. The van der Waals surface area contributed by atoms with Crippen LogP contribution in [-0.2, 0) is 13.1 Å². The fourth-order valence-corrected chi connectivity index (χ4v) is 3.69. The van der Waals surface area contributed by atoms with Gasteiger partial charge in [0.05, 0.1) is 6.54 Å². The second-order valence-electron chi connectivity index (χ2n) is 7.63. The quantitative estimate of drug-likeness (QED) is 0.611. The number of nitrogens with one attached hydrogen (secondary N) is 1. The van der Waals surface area contributed by atoms with Crippen LogP contribution in [0.4, 0.5) is 5.69 Å². The van der Waals surface area contributed by atoms with Gasteiger partial charge in [0.25, 0.3) is 5.91 Å². The lowest BCUT2D eigenvalue weighted by atomic mass is 10.1. The van der Waals surface area contributed by atoms with Crippen molar-refractivity contribution >= 4 is 11.6 Å². The normalized spacial score (nSPS) is 14.4. The van der Waals surface area contributed by atoms with E-state index in [0.717, 1.165) is 12.3 Å². The van der Waals surface area contributed by atoms with Crippen LogP contribution in [0.1, 0.15) is 35.2 Å². The molecule has 0 radical (unpaired) electrons. The first-order valence-corrected chi connectivity index (χ1v) is 10.6. The van der Waals surface area contributed by atoms with E-state index < -0.39 is 0 Å². The van der Waals surface area contributed by atoms with Crippen LogP contribution in [0, 0.1) is 0 Å². The van der Waals surface area contributed by atoms with Gasteiger partial charge in [0.1, 0.15) is 12.4 Å². The van der Waals surface area contributed by atoms with Gasteiger partial charge in [-0.2, -0.15) is 5.10 Å². The molecule has 0 spiro atoms. The molecule has 1 aliphatic rings. The van der Waals surface area contributed by atoms with Crippen molar-refractivity contribution in [3.63, 3.8) is 0 Å². The van der Waals surface area contributed by atoms with E-state index in [-0.39, 0.29) is 5.91 Å². The summed E-state index contributed by atoms with van der Waals surface area (Å²) < 4.78 is 7.60. The van der Waals surface area contributed by atoms with Gasteiger partial charge in [-0.1, -0.05) is 24.6 Å². The Morgan fingerprint density at radius 1 is 1.03 bits per heavy atom. The number of carbonyl (C=O) groups is 1. The SMILES string of the molecule is O=C(Nc1cccc(OCCn2cccn2)c1)c1ccc(CN2CCCCC2)cc1. The van der Waals surface area contributed by atoms with Crippen molar-refractivity contribution < 1.29 is 9.53 Å². The summed E-state index contributed by atoms with van der Waals surface area (Å²) in [6.45, 7) is 4.48. The highest BCUT2D eigenvalue weighted by molar-refractivity contribution is 6.04. The summed E-state index contributed by atoms with van der Waals surface area (Å²) in [7, 11) is 0. The minimum atomic E-state index is -0.117. The van der Waals surface area contributed by atoms with Gasteiger partial charge in [0, 0.05) is 36.3 Å². The van der Waals surface area contributed by atoms with Gasteiger partial charge in [0.15, 0.2) is 0 Å². The molecule has 1 fully saturated rings. The Morgan fingerprint density at radius 3 is 2.63 bits per heavy atom. The van der Waals surface area contributed by atoms with Crippen LogP contribution in [0.3, 0.4) is 0 Å². The van der Waals surface area contributed by atoms with Gasteiger partial charge in [-0.15, -0.1) is 0 Å². The smallest absolute Gasteiger partial charge is 0.255 e. The molecule has 1 N–H and O–H groups in total. The number of rotatable bonds is 8. The molecule has 156 valence electrons. The van der Waals surface area contributed by atoms with Crippen molar-refractivity contribution in [1.82, 2.24) is 14.7 Å². The zero-order chi connectivity index (χ0) is 20.6. The van der Waals surface area contributed by atoms with Crippen LogP contribution < -0.4 is 10.1 Å². The van der Waals surface area contributed by atoms with E-state index in [1.165, 1.54) is 37.9 Å². The molecule has 0 unspecified atom stereocenters. The lowest BCUT2D eigenvalue weighted by Gasteiger charge is -2.26. The largest absolute Gasteiger partial charge is 0.492 e. The topological polar surface area (TPSA) is 59.4 Å². The predicted octanol–water partition coefficient (Wildman–Crippen LogP) is 4.20. The Kier molecular flexibility index (Phi) is 6.77. The average Bonchev–Trinajstić information content (AvgIpc) is 3.29. The highest BCUT2D eigenvalue weighted by Crippen LogP contribution is 2.19.